The maximum absolute atomic E-state index is 13.8. The topological polar surface area (TPSA) is 110 Å². The van der Waals surface area contributed by atoms with Crippen LogP contribution in [0.1, 0.15) is 70.6 Å². The van der Waals surface area contributed by atoms with E-state index in [2.05, 4.69) is 5.32 Å². The number of hydroxylamine groups is 2. The maximum atomic E-state index is 13.8. The van der Waals surface area contributed by atoms with Gasteiger partial charge in [0.25, 0.3) is 0 Å². The minimum Gasteiger partial charge on any atom is -0.343 e. The Morgan fingerprint density at radius 3 is 2.44 bits per heavy atom. The highest BCUT2D eigenvalue weighted by Crippen LogP contribution is 2.60. The summed E-state index contributed by atoms with van der Waals surface area (Å²) in [6.07, 6.45) is 7.16. The first-order valence-electron chi connectivity index (χ1n) is 14.2. The van der Waals surface area contributed by atoms with Gasteiger partial charge in [-0.25, -0.2) is 5.06 Å². The van der Waals surface area contributed by atoms with E-state index in [-0.39, 0.29) is 36.2 Å². The second kappa shape index (κ2) is 12.0. The van der Waals surface area contributed by atoms with Crippen LogP contribution in [0.5, 0.6) is 0 Å². The molecule has 0 spiro atoms. The van der Waals surface area contributed by atoms with Crippen LogP contribution in [-0.4, -0.2) is 83.0 Å². The van der Waals surface area contributed by atoms with E-state index in [4.69, 9.17) is 0 Å². The van der Waals surface area contributed by atoms with E-state index in [1.54, 1.807) is 23.3 Å². The van der Waals surface area contributed by atoms with E-state index in [9.17, 15) is 24.4 Å². The van der Waals surface area contributed by atoms with E-state index >= 15 is 0 Å². The summed E-state index contributed by atoms with van der Waals surface area (Å²) in [6, 6.07) is 3.15. The molecule has 0 aromatic carbocycles. The Kier molecular flexibility index (Phi) is 9.05. The Bertz CT molecular complexity index is 1030. The Morgan fingerprint density at radius 2 is 1.87 bits per heavy atom. The zero-order chi connectivity index (χ0) is 28.4. The predicted octanol–water partition coefficient (Wildman–Crippen LogP) is 3.32. The van der Waals surface area contributed by atoms with E-state index in [1.165, 1.54) is 0 Å². The molecule has 216 valence electrons. The average molecular weight is 561 g/mol. The second-order valence-corrected chi connectivity index (χ2v) is 13.8. The van der Waals surface area contributed by atoms with Crippen LogP contribution < -0.4 is 5.32 Å². The summed E-state index contributed by atoms with van der Waals surface area (Å²) in [6.45, 7) is 6.96. The molecule has 1 aliphatic heterocycles. The second-order valence-electron chi connectivity index (χ2n) is 12.8. The van der Waals surface area contributed by atoms with Gasteiger partial charge in [0, 0.05) is 31.1 Å². The van der Waals surface area contributed by atoms with Gasteiger partial charge in [-0.3, -0.25) is 24.4 Å². The number of nitrogens with zero attached hydrogens (tertiary/aromatic N) is 3. The number of rotatable bonds is 10. The van der Waals surface area contributed by atoms with Crippen LogP contribution >= 0.6 is 11.3 Å². The van der Waals surface area contributed by atoms with Crippen molar-refractivity contribution in [2.45, 2.75) is 84.2 Å². The molecule has 0 bridgehead atoms. The Hall–Kier alpha value is -2.46. The van der Waals surface area contributed by atoms with Crippen LogP contribution in [0.3, 0.4) is 0 Å². The molecule has 2 aliphatic carbocycles. The summed E-state index contributed by atoms with van der Waals surface area (Å²) in [5.74, 6) is 0.234. The van der Waals surface area contributed by atoms with Crippen molar-refractivity contribution in [2.75, 3.05) is 26.7 Å². The molecule has 39 heavy (non-hydrogen) atoms. The quantitative estimate of drug-likeness (QED) is 0.259. The van der Waals surface area contributed by atoms with E-state index in [0.717, 1.165) is 30.6 Å². The fourth-order valence-electron chi connectivity index (χ4n) is 6.64. The Labute approximate surface area is 235 Å². The number of hydrogen-bond acceptors (Lipinski definition) is 6. The third-order valence-corrected chi connectivity index (χ3v) is 10.0. The van der Waals surface area contributed by atoms with Crippen LogP contribution in [0.4, 0.5) is 0 Å². The van der Waals surface area contributed by atoms with Crippen molar-refractivity contribution in [1.82, 2.24) is 20.2 Å². The van der Waals surface area contributed by atoms with Gasteiger partial charge in [-0.15, -0.1) is 11.3 Å². The molecule has 2 saturated carbocycles. The normalized spacial score (nSPS) is 24.7. The van der Waals surface area contributed by atoms with Crippen LogP contribution in [-0.2, 0) is 25.6 Å². The first-order valence-corrected chi connectivity index (χ1v) is 15.1. The van der Waals surface area contributed by atoms with Gasteiger partial charge in [-0.2, -0.15) is 0 Å². The molecule has 4 rings (SSSR count). The highest BCUT2D eigenvalue weighted by atomic mass is 32.1. The molecule has 2 heterocycles. The summed E-state index contributed by atoms with van der Waals surface area (Å²) >= 11 is 1.58. The average Bonchev–Trinajstić information content (AvgIpc) is 3.26. The lowest BCUT2D eigenvalue weighted by molar-refractivity contribution is -0.157. The van der Waals surface area contributed by atoms with Crippen LogP contribution in [0, 0.1) is 22.7 Å². The molecule has 1 aromatic heterocycles. The minimum atomic E-state index is -0.860. The van der Waals surface area contributed by atoms with Crippen molar-refractivity contribution in [3.8, 4) is 0 Å². The highest BCUT2D eigenvalue weighted by molar-refractivity contribution is 7.10. The van der Waals surface area contributed by atoms with Crippen LogP contribution in [0.2, 0.25) is 0 Å². The lowest BCUT2D eigenvalue weighted by Gasteiger charge is -2.40. The molecule has 2 unspecified atom stereocenters. The monoisotopic (exact) mass is 560 g/mol. The van der Waals surface area contributed by atoms with Crippen molar-refractivity contribution in [3.63, 3.8) is 0 Å². The van der Waals surface area contributed by atoms with Gasteiger partial charge in [-0.1, -0.05) is 52.5 Å². The van der Waals surface area contributed by atoms with Gasteiger partial charge in [-0.05, 0) is 48.0 Å². The first-order chi connectivity index (χ1) is 18.5. The minimum absolute atomic E-state index is 0.0193. The van der Waals surface area contributed by atoms with Gasteiger partial charge < -0.3 is 15.1 Å². The first kappa shape index (κ1) is 29.5. The number of hydrogen-bond donors (Lipinski definition) is 2. The fourth-order valence-corrected chi connectivity index (χ4v) is 7.33. The zero-order valence-electron chi connectivity index (χ0n) is 23.7. The number of amides is 4. The molecule has 0 radical (unpaired) electrons. The number of nitrogens with one attached hydrogen (secondary N) is 1. The smallest absolute Gasteiger partial charge is 0.245 e. The lowest BCUT2D eigenvalue weighted by atomic mass is 9.84. The summed E-state index contributed by atoms with van der Waals surface area (Å²) in [5.41, 5.74) is -1.40. The largest absolute Gasteiger partial charge is 0.343 e. The zero-order valence-corrected chi connectivity index (χ0v) is 24.5. The third kappa shape index (κ3) is 6.65. The molecule has 3 fully saturated rings. The van der Waals surface area contributed by atoms with Crippen molar-refractivity contribution >= 4 is 35.5 Å². The predicted molar refractivity (Wildman–Crippen MR) is 149 cm³/mol. The van der Waals surface area contributed by atoms with Crippen LogP contribution in [0.25, 0.3) is 0 Å². The van der Waals surface area contributed by atoms with Crippen LogP contribution in [0.15, 0.2) is 17.5 Å². The van der Waals surface area contributed by atoms with Crippen molar-refractivity contribution in [3.05, 3.63) is 22.4 Å². The van der Waals surface area contributed by atoms with Gasteiger partial charge in [0.15, 0.2) is 0 Å². The summed E-state index contributed by atoms with van der Waals surface area (Å²) in [5, 5.41) is 15.6. The lowest BCUT2D eigenvalue weighted by Crippen LogP contribution is -2.59. The number of carbonyl (C=O) groups is 4. The summed E-state index contributed by atoms with van der Waals surface area (Å²) < 4.78 is 0. The third-order valence-electron chi connectivity index (χ3n) is 9.13. The molecule has 1 saturated heterocycles. The van der Waals surface area contributed by atoms with Crippen molar-refractivity contribution < 1.29 is 24.4 Å². The number of carbonyl (C=O) groups excluding carboxylic acids is 4. The molecule has 10 heteroatoms. The van der Waals surface area contributed by atoms with Crippen molar-refractivity contribution in [2.24, 2.45) is 22.7 Å². The van der Waals surface area contributed by atoms with E-state index < -0.39 is 16.9 Å². The number of likely N-dealkylation sites (tertiary alicyclic amines) is 1. The highest BCUT2D eigenvalue weighted by Gasteiger charge is 2.63. The van der Waals surface area contributed by atoms with Gasteiger partial charge in [0.1, 0.15) is 6.04 Å². The van der Waals surface area contributed by atoms with Gasteiger partial charge in [0.2, 0.25) is 24.1 Å². The number of likely N-dealkylation sites (N-methyl/N-ethyl adjacent to an activating group) is 1. The van der Waals surface area contributed by atoms with E-state index in [1.807, 2.05) is 43.2 Å². The van der Waals surface area contributed by atoms with Gasteiger partial charge in [0.05, 0.1) is 18.4 Å². The molecule has 9 nitrogen and oxygen atoms in total. The standard InChI is InChI=1S/C29H44N4O5S/c1-28(2,3)25(30-27(37)29(18-33(38)19-34)17-23(29)20-8-5-6-9-20)26(36)31(4)21-11-13-32(14-12-21)24(35)16-22-10-7-15-39-22/h7,10,15,19-21,23,25,38H,5-6,8-9,11-14,16-18H2,1-4H3,(H,30,37)/t23?,25-,29?/m0/s1. The number of piperidine rings is 1. The molecule has 3 aliphatic rings. The number of thiophene rings is 1. The molecule has 2 N–H and O–H groups in total. The molecule has 3 atom stereocenters. The summed E-state index contributed by atoms with van der Waals surface area (Å²) in [4.78, 5) is 56.2. The fraction of sp³-hybridized carbons (Fsp3) is 0.724. The van der Waals surface area contributed by atoms with Gasteiger partial charge >= 0.3 is 0 Å². The van der Waals surface area contributed by atoms with E-state index in [0.29, 0.717) is 56.2 Å². The van der Waals surface area contributed by atoms with Crippen molar-refractivity contribution in [1.29, 1.82) is 0 Å². The molecule has 4 amide bonds. The summed E-state index contributed by atoms with van der Waals surface area (Å²) in [7, 11) is 1.79. The molecule has 1 aromatic rings. The Morgan fingerprint density at radius 1 is 1.21 bits per heavy atom. The Balaban J connectivity index is 1.39. The molecular weight excluding hydrogens is 516 g/mol. The SMILES string of the molecule is CN(C(=O)[C@H](NC(=O)C1(CN(O)C=O)CC1C1CCCC1)C(C)(C)C)C1CCN(C(=O)Cc2cccs2)CC1. The molecular formula is C29H44N4O5S. The maximum Gasteiger partial charge on any atom is 0.245 e.